The maximum absolute atomic E-state index is 11.5. The predicted molar refractivity (Wildman–Crippen MR) is 87.8 cm³/mol. The molecule has 122 valence electrons. The van der Waals surface area contributed by atoms with Crippen molar-refractivity contribution in [2.75, 3.05) is 7.11 Å². The number of esters is 1. The van der Waals surface area contributed by atoms with Crippen LogP contribution in [0.3, 0.4) is 0 Å². The minimum atomic E-state index is -0.635. The van der Waals surface area contributed by atoms with Crippen LogP contribution < -0.4 is 4.74 Å². The van der Waals surface area contributed by atoms with Gasteiger partial charge in [-0.15, -0.1) is 0 Å². The van der Waals surface area contributed by atoms with Gasteiger partial charge < -0.3 is 14.6 Å². The molecule has 7 heteroatoms. The van der Waals surface area contributed by atoms with Gasteiger partial charge in [0.1, 0.15) is 17.1 Å². The highest BCUT2D eigenvalue weighted by atomic mass is 16.5. The van der Waals surface area contributed by atoms with Crippen molar-refractivity contribution in [2.24, 2.45) is 10.2 Å². The minimum Gasteiger partial charge on any atom is -0.507 e. The maximum atomic E-state index is 11.5. The van der Waals surface area contributed by atoms with Gasteiger partial charge in [0, 0.05) is 0 Å². The van der Waals surface area contributed by atoms with Gasteiger partial charge in [-0.1, -0.05) is 0 Å². The number of phenols is 1. The highest BCUT2D eigenvalue weighted by Crippen LogP contribution is 2.18. The van der Waals surface area contributed by atoms with Crippen molar-refractivity contribution >= 4 is 24.9 Å². The first-order valence-corrected chi connectivity index (χ1v) is 6.82. The van der Waals surface area contributed by atoms with Crippen LogP contribution in [0.4, 0.5) is 0 Å². The summed E-state index contributed by atoms with van der Waals surface area (Å²) in [4.78, 5) is 21.7. The first-order chi connectivity index (χ1) is 11.6. The summed E-state index contributed by atoms with van der Waals surface area (Å²) in [6.45, 7) is 0.355. The Bertz CT molecular complexity index is 782. The smallest absolute Gasteiger partial charge is 0.341 e. The van der Waals surface area contributed by atoms with Crippen molar-refractivity contribution in [3.05, 3.63) is 59.2 Å². The zero-order valence-corrected chi connectivity index (χ0v) is 12.7. The van der Waals surface area contributed by atoms with E-state index >= 15 is 0 Å². The molecule has 0 amide bonds. The van der Waals surface area contributed by atoms with Gasteiger partial charge in [-0.05, 0) is 53.6 Å². The topological polar surface area (TPSA) is 97.5 Å². The number of phenolic OH excluding ortho intramolecular Hbond substituents is 1. The first-order valence-electron chi connectivity index (χ1n) is 6.82. The summed E-state index contributed by atoms with van der Waals surface area (Å²) in [5, 5.41) is 17.4. The molecule has 0 aromatic heterocycles. The lowest BCUT2D eigenvalue weighted by molar-refractivity contribution is -0.120. The Morgan fingerprint density at radius 1 is 1.04 bits per heavy atom. The molecule has 0 aliphatic carbocycles. The van der Waals surface area contributed by atoms with Crippen LogP contribution in [0.2, 0.25) is 0 Å². The minimum absolute atomic E-state index is 0.0520. The van der Waals surface area contributed by atoms with Crippen LogP contribution in [0.15, 0.2) is 52.7 Å². The molecule has 0 atom stereocenters. The monoisotopic (exact) mass is 326 g/mol. The molecule has 0 aliphatic heterocycles. The molecular weight excluding hydrogens is 312 g/mol. The van der Waals surface area contributed by atoms with Gasteiger partial charge in [0.2, 0.25) is 0 Å². The second-order valence-corrected chi connectivity index (χ2v) is 4.54. The third kappa shape index (κ3) is 4.51. The molecule has 0 aliphatic rings. The quantitative estimate of drug-likeness (QED) is 0.380. The number of carbonyl (C=O) groups is 2. The highest BCUT2D eigenvalue weighted by Gasteiger charge is 2.11. The lowest BCUT2D eigenvalue weighted by Crippen LogP contribution is -2.02. The van der Waals surface area contributed by atoms with Crippen molar-refractivity contribution in [1.82, 2.24) is 0 Å². The van der Waals surface area contributed by atoms with Crippen molar-refractivity contribution < 1.29 is 24.2 Å². The molecule has 2 aromatic carbocycles. The molecule has 0 spiro atoms. The molecule has 1 N–H and O–H groups in total. The van der Waals surface area contributed by atoms with Crippen LogP contribution in [-0.2, 0) is 9.53 Å². The van der Waals surface area contributed by atoms with E-state index in [1.165, 1.54) is 31.7 Å². The standard InChI is InChI=1S/C17H14N2O5/c1-23-17(22)15-8-13(4-7-16(15)21)10-19-18-9-12-2-5-14(6-3-12)24-11-20/h2-11,21H,1H3/b18-9+,19-10+. The van der Waals surface area contributed by atoms with E-state index in [2.05, 4.69) is 19.7 Å². The molecular formula is C17H14N2O5. The fraction of sp³-hybridized carbons (Fsp3) is 0.0588. The summed E-state index contributed by atoms with van der Waals surface area (Å²) >= 11 is 0. The molecule has 0 saturated heterocycles. The number of hydrogen-bond donors (Lipinski definition) is 1. The van der Waals surface area contributed by atoms with E-state index in [4.69, 9.17) is 0 Å². The summed E-state index contributed by atoms with van der Waals surface area (Å²) in [5.74, 6) is -0.367. The molecule has 0 heterocycles. The van der Waals surface area contributed by atoms with Crippen molar-refractivity contribution in [2.45, 2.75) is 0 Å². The van der Waals surface area contributed by atoms with Gasteiger partial charge in [-0.3, -0.25) is 4.79 Å². The zero-order valence-electron chi connectivity index (χ0n) is 12.7. The number of nitrogens with zero attached hydrogens (tertiary/aromatic N) is 2. The van der Waals surface area contributed by atoms with Gasteiger partial charge in [-0.25, -0.2) is 4.79 Å². The number of ether oxygens (including phenoxy) is 2. The van der Waals surface area contributed by atoms with E-state index in [-0.39, 0.29) is 11.3 Å². The summed E-state index contributed by atoms with van der Waals surface area (Å²) in [6.07, 6.45) is 2.95. The molecule has 0 fully saturated rings. The van der Waals surface area contributed by atoms with E-state index in [0.29, 0.717) is 17.8 Å². The predicted octanol–water partition coefficient (Wildman–Crippen LogP) is 2.17. The van der Waals surface area contributed by atoms with E-state index in [9.17, 15) is 14.7 Å². The average molecular weight is 326 g/mol. The Balaban J connectivity index is 2.05. The molecule has 7 nitrogen and oxygen atoms in total. The maximum Gasteiger partial charge on any atom is 0.341 e. The summed E-state index contributed by atoms with van der Waals surface area (Å²) in [5.41, 5.74) is 1.41. The van der Waals surface area contributed by atoms with Gasteiger partial charge >= 0.3 is 5.97 Å². The van der Waals surface area contributed by atoms with E-state index in [0.717, 1.165) is 5.56 Å². The zero-order chi connectivity index (χ0) is 17.4. The number of aromatic hydroxyl groups is 1. The Hall–Kier alpha value is -3.48. The Morgan fingerprint density at radius 3 is 2.29 bits per heavy atom. The Labute approximate surface area is 137 Å². The summed E-state index contributed by atoms with van der Waals surface area (Å²) in [7, 11) is 1.23. The fourth-order valence-corrected chi connectivity index (χ4v) is 1.80. The molecule has 0 unspecified atom stereocenters. The average Bonchev–Trinajstić information content (AvgIpc) is 2.61. The van der Waals surface area contributed by atoms with E-state index < -0.39 is 5.97 Å². The van der Waals surface area contributed by atoms with Crippen LogP contribution in [0.5, 0.6) is 11.5 Å². The molecule has 0 radical (unpaired) electrons. The molecule has 24 heavy (non-hydrogen) atoms. The lowest BCUT2D eigenvalue weighted by Gasteiger charge is -2.02. The second-order valence-electron chi connectivity index (χ2n) is 4.54. The second kappa shape index (κ2) is 8.23. The van der Waals surface area contributed by atoms with Crippen LogP contribution in [0.25, 0.3) is 0 Å². The molecule has 2 rings (SSSR count). The van der Waals surface area contributed by atoms with Gasteiger partial charge in [0.15, 0.2) is 0 Å². The molecule has 0 bridgehead atoms. The fourth-order valence-electron chi connectivity index (χ4n) is 1.80. The van der Waals surface area contributed by atoms with Gasteiger partial charge in [-0.2, -0.15) is 10.2 Å². The molecule has 2 aromatic rings. The third-order valence-corrected chi connectivity index (χ3v) is 2.97. The number of carbonyl (C=O) groups excluding carboxylic acids is 2. The SMILES string of the molecule is COC(=O)c1cc(/C=N/N=C/c2ccc(OC=O)cc2)ccc1O. The number of benzene rings is 2. The van der Waals surface area contributed by atoms with Crippen LogP contribution in [0.1, 0.15) is 21.5 Å². The number of hydrogen-bond acceptors (Lipinski definition) is 7. The summed E-state index contributed by atoms with van der Waals surface area (Å²) in [6, 6.07) is 11.1. The van der Waals surface area contributed by atoms with Crippen LogP contribution in [0, 0.1) is 0 Å². The summed E-state index contributed by atoms with van der Waals surface area (Å²) < 4.78 is 9.26. The van der Waals surface area contributed by atoms with Crippen molar-refractivity contribution in [3.8, 4) is 11.5 Å². The Morgan fingerprint density at radius 2 is 1.67 bits per heavy atom. The van der Waals surface area contributed by atoms with Crippen molar-refractivity contribution in [1.29, 1.82) is 0 Å². The highest BCUT2D eigenvalue weighted by molar-refractivity contribution is 5.95. The lowest BCUT2D eigenvalue weighted by atomic mass is 10.1. The third-order valence-electron chi connectivity index (χ3n) is 2.97. The largest absolute Gasteiger partial charge is 0.507 e. The van der Waals surface area contributed by atoms with Gasteiger partial charge in [0.05, 0.1) is 19.5 Å². The normalized spacial score (nSPS) is 10.9. The number of methoxy groups -OCH3 is 1. The van der Waals surface area contributed by atoms with E-state index in [1.54, 1.807) is 30.3 Å². The van der Waals surface area contributed by atoms with Crippen LogP contribution >= 0.6 is 0 Å². The molecule has 0 saturated carbocycles. The van der Waals surface area contributed by atoms with Crippen LogP contribution in [-0.4, -0.2) is 37.1 Å². The first kappa shape index (κ1) is 16.9. The van der Waals surface area contributed by atoms with Crippen molar-refractivity contribution in [3.63, 3.8) is 0 Å². The Kier molecular flexibility index (Phi) is 5.79. The number of rotatable bonds is 6. The van der Waals surface area contributed by atoms with Gasteiger partial charge in [0.25, 0.3) is 6.47 Å². The van der Waals surface area contributed by atoms with E-state index in [1.807, 2.05) is 0 Å².